The first-order valence-electron chi connectivity index (χ1n) is 11.6. The van der Waals surface area contributed by atoms with Crippen LogP contribution in [0.1, 0.15) is 34.6 Å². The summed E-state index contributed by atoms with van der Waals surface area (Å²) < 4.78 is 14.8. The molecule has 0 unspecified atom stereocenters. The van der Waals surface area contributed by atoms with Gasteiger partial charge >= 0.3 is 5.97 Å². The first kappa shape index (κ1) is 27.0. The number of carbonyl (C=O) groups is 1. The molecule has 0 spiro atoms. The van der Waals surface area contributed by atoms with E-state index in [9.17, 15) is 14.9 Å². The summed E-state index contributed by atoms with van der Waals surface area (Å²) in [6.45, 7) is 12.3. The number of nitrogens with zero attached hydrogens (tertiary/aromatic N) is 5. The maximum absolute atomic E-state index is 11.7. The predicted octanol–water partition coefficient (Wildman–Crippen LogP) is 6.68. The van der Waals surface area contributed by atoms with Crippen LogP contribution in [0.25, 0.3) is 10.9 Å². The van der Waals surface area contributed by atoms with Crippen LogP contribution in [0.2, 0.25) is 0 Å². The molecule has 0 saturated heterocycles. The Morgan fingerprint density at radius 2 is 1.97 bits per heavy atom. The van der Waals surface area contributed by atoms with Crippen LogP contribution in [-0.2, 0) is 9.53 Å². The number of azo groups is 1. The number of carbonyl (C=O) groups excluding carboxylic acids is 1. The SMILES string of the molecule is CCN(CC(C)(C)C(C)C)c1ccc(/N=N/c2snc3ccc([N+](=O)[O-])cc23)c(OCC(=O)OC)c1. The molecule has 0 N–H and O–H groups in total. The Kier molecular flexibility index (Phi) is 8.57. The third kappa shape index (κ3) is 6.34. The van der Waals surface area contributed by atoms with Crippen LogP contribution in [0.3, 0.4) is 0 Å². The Hall–Kier alpha value is -3.60. The molecular formula is C25H31N5O5S. The van der Waals surface area contributed by atoms with Gasteiger partial charge in [0.1, 0.15) is 11.4 Å². The van der Waals surface area contributed by atoms with Gasteiger partial charge in [-0.05, 0) is 48.0 Å². The molecule has 0 saturated carbocycles. The smallest absolute Gasteiger partial charge is 0.343 e. The van der Waals surface area contributed by atoms with E-state index in [0.717, 1.165) is 30.3 Å². The van der Waals surface area contributed by atoms with Gasteiger partial charge in [-0.25, -0.2) is 4.79 Å². The summed E-state index contributed by atoms with van der Waals surface area (Å²) in [7, 11) is 1.30. The summed E-state index contributed by atoms with van der Waals surface area (Å²) in [5, 5.41) is 20.8. The first-order valence-corrected chi connectivity index (χ1v) is 12.4. The molecule has 0 fully saturated rings. The molecule has 11 heteroatoms. The Morgan fingerprint density at radius 3 is 2.61 bits per heavy atom. The topological polar surface area (TPSA) is 120 Å². The van der Waals surface area contributed by atoms with Crippen molar-refractivity contribution in [3.63, 3.8) is 0 Å². The molecule has 36 heavy (non-hydrogen) atoms. The molecule has 0 aliphatic rings. The second-order valence-electron chi connectivity index (χ2n) is 9.32. The zero-order valence-electron chi connectivity index (χ0n) is 21.3. The molecule has 0 radical (unpaired) electrons. The lowest BCUT2D eigenvalue weighted by molar-refractivity contribution is -0.384. The molecule has 0 aliphatic heterocycles. The molecule has 3 aromatic rings. The summed E-state index contributed by atoms with van der Waals surface area (Å²) in [5.41, 5.74) is 1.98. The molecule has 1 heterocycles. The van der Waals surface area contributed by atoms with Crippen LogP contribution >= 0.6 is 11.5 Å². The molecule has 3 rings (SSSR count). The second kappa shape index (κ2) is 11.4. The molecular weight excluding hydrogens is 482 g/mol. The Bertz CT molecular complexity index is 1270. The molecule has 192 valence electrons. The highest BCUT2D eigenvalue weighted by molar-refractivity contribution is 7.11. The maximum atomic E-state index is 11.7. The summed E-state index contributed by atoms with van der Waals surface area (Å²) in [6, 6.07) is 9.98. The van der Waals surface area contributed by atoms with Gasteiger partial charge < -0.3 is 14.4 Å². The van der Waals surface area contributed by atoms with E-state index in [4.69, 9.17) is 9.47 Å². The predicted molar refractivity (Wildman–Crippen MR) is 141 cm³/mol. The van der Waals surface area contributed by atoms with Crippen molar-refractivity contribution in [3.8, 4) is 5.75 Å². The number of hydrogen-bond acceptors (Lipinski definition) is 10. The van der Waals surface area contributed by atoms with E-state index in [-0.39, 0.29) is 17.7 Å². The van der Waals surface area contributed by atoms with E-state index >= 15 is 0 Å². The average molecular weight is 514 g/mol. The number of non-ortho nitro benzene ring substituents is 1. The third-order valence-electron chi connectivity index (χ3n) is 6.33. The van der Waals surface area contributed by atoms with Gasteiger partial charge in [-0.2, -0.15) is 4.37 Å². The fraction of sp³-hybridized carbons (Fsp3) is 0.440. The van der Waals surface area contributed by atoms with Crippen LogP contribution in [-0.4, -0.2) is 42.1 Å². The highest BCUT2D eigenvalue weighted by atomic mass is 32.1. The van der Waals surface area contributed by atoms with E-state index in [1.54, 1.807) is 12.1 Å². The number of methoxy groups -OCH3 is 1. The van der Waals surface area contributed by atoms with Gasteiger partial charge in [0.2, 0.25) is 0 Å². The maximum Gasteiger partial charge on any atom is 0.343 e. The minimum absolute atomic E-state index is 0.0467. The molecule has 0 atom stereocenters. The largest absolute Gasteiger partial charge is 0.479 e. The number of ether oxygens (including phenoxy) is 2. The highest BCUT2D eigenvalue weighted by Gasteiger charge is 2.25. The average Bonchev–Trinajstić information content (AvgIpc) is 3.26. The van der Waals surface area contributed by atoms with Gasteiger partial charge in [-0.15, -0.1) is 10.2 Å². The zero-order valence-corrected chi connectivity index (χ0v) is 22.2. The second-order valence-corrected chi connectivity index (χ2v) is 10.1. The van der Waals surface area contributed by atoms with Gasteiger partial charge in [0, 0.05) is 42.4 Å². The number of anilines is 1. The summed E-state index contributed by atoms with van der Waals surface area (Å²) in [6.07, 6.45) is 0. The normalized spacial score (nSPS) is 11.9. The number of nitro groups is 1. The van der Waals surface area contributed by atoms with Crippen LogP contribution in [0.15, 0.2) is 46.6 Å². The Balaban J connectivity index is 1.97. The summed E-state index contributed by atoms with van der Waals surface area (Å²) >= 11 is 1.09. The number of hydrogen-bond donors (Lipinski definition) is 0. The number of nitro benzene ring substituents is 1. The molecule has 2 aromatic carbocycles. The lowest BCUT2D eigenvalue weighted by Gasteiger charge is -2.36. The molecule has 0 bridgehead atoms. The molecule has 0 amide bonds. The quantitative estimate of drug-likeness (QED) is 0.121. The number of benzene rings is 2. The summed E-state index contributed by atoms with van der Waals surface area (Å²) in [4.78, 5) is 24.7. The molecule has 1 aromatic heterocycles. The van der Waals surface area contributed by atoms with E-state index in [1.807, 2.05) is 12.1 Å². The van der Waals surface area contributed by atoms with Crippen LogP contribution < -0.4 is 9.64 Å². The van der Waals surface area contributed by atoms with Crippen molar-refractivity contribution in [1.82, 2.24) is 4.37 Å². The number of fused-ring (bicyclic) bond motifs is 1. The van der Waals surface area contributed by atoms with Gasteiger partial charge in [0.15, 0.2) is 11.6 Å². The van der Waals surface area contributed by atoms with Crippen molar-refractivity contribution >= 4 is 50.5 Å². The number of rotatable bonds is 11. The van der Waals surface area contributed by atoms with Crippen molar-refractivity contribution in [3.05, 3.63) is 46.5 Å². The van der Waals surface area contributed by atoms with Gasteiger partial charge in [-0.3, -0.25) is 10.1 Å². The van der Waals surface area contributed by atoms with Gasteiger partial charge in [0.05, 0.1) is 17.5 Å². The minimum Gasteiger partial charge on any atom is -0.479 e. The minimum atomic E-state index is -0.516. The van der Waals surface area contributed by atoms with Crippen molar-refractivity contribution in [2.24, 2.45) is 21.6 Å². The van der Waals surface area contributed by atoms with Gasteiger partial charge in [0.25, 0.3) is 5.69 Å². The first-order chi connectivity index (χ1) is 17.1. The van der Waals surface area contributed by atoms with E-state index in [1.165, 1.54) is 19.2 Å². The highest BCUT2D eigenvalue weighted by Crippen LogP contribution is 2.38. The zero-order chi connectivity index (χ0) is 26.5. The van der Waals surface area contributed by atoms with Crippen LogP contribution in [0.5, 0.6) is 5.75 Å². The van der Waals surface area contributed by atoms with E-state index in [2.05, 4.69) is 54.1 Å². The lowest BCUT2D eigenvalue weighted by atomic mass is 9.80. The number of esters is 1. The Morgan fingerprint density at radius 1 is 1.22 bits per heavy atom. The number of aromatic nitrogens is 1. The molecule has 10 nitrogen and oxygen atoms in total. The standard InChI is InChI=1S/C25H31N5O5S/c1-7-29(15-25(4,5)16(2)3)17-8-11-21(22(13-17)35-14-23(31)34-6)26-27-24-19-12-18(30(32)33)9-10-20(19)28-36-24/h8-13,16H,7,14-15H2,1-6H3/b27-26+. The van der Waals surface area contributed by atoms with Crippen molar-refractivity contribution in [2.75, 3.05) is 31.7 Å². The monoisotopic (exact) mass is 513 g/mol. The van der Waals surface area contributed by atoms with Crippen molar-refractivity contribution in [1.29, 1.82) is 0 Å². The van der Waals surface area contributed by atoms with E-state index < -0.39 is 10.9 Å². The van der Waals surface area contributed by atoms with Crippen molar-refractivity contribution in [2.45, 2.75) is 34.6 Å². The van der Waals surface area contributed by atoms with E-state index in [0.29, 0.717) is 33.3 Å². The van der Waals surface area contributed by atoms with Gasteiger partial charge in [-0.1, -0.05) is 27.7 Å². The van der Waals surface area contributed by atoms with Crippen LogP contribution in [0, 0.1) is 21.4 Å². The molecule has 0 aliphatic carbocycles. The third-order valence-corrected chi connectivity index (χ3v) is 7.09. The Labute approximate surface area is 214 Å². The fourth-order valence-electron chi connectivity index (χ4n) is 3.35. The lowest BCUT2D eigenvalue weighted by Crippen LogP contribution is -2.37. The summed E-state index contributed by atoms with van der Waals surface area (Å²) in [5.74, 6) is 0.347. The van der Waals surface area contributed by atoms with Crippen LogP contribution in [0.4, 0.5) is 22.1 Å². The fourth-order valence-corrected chi connectivity index (χ4v) is 4.04. The van der Waals surface area contributed by atoms with Crippen molar-refractivity contribution < 1.29 is 19.2 Å².